The third-order valence-electron chi connectivity index (χ3n) is 8.11. The van der Waals surface area contributed by atoms with Gasteiger partial charge in [-0.15, -0.1) is 0 Å². The van der Waals surface area contributed by atoms with Crippen LogP contribution in [0.3, 0.4) is 0 Å². The Labute approximate surface area is 206 Å². The molecule has 2 saturated heterocycles. The lowest BCUT2D eigenvalue weighted by atomic mass is 9.70. The smallest absolute Gasteiger partial charge is 0.246 e. The highest BCUT2D eigenvalue weighted by Gasteiger charge is 2.76. The summed E-state index contributed by atoms with van der Waals surface area (Å²) in [5.41, 5.74) is -2.15. The van der Waals surface area contributed by atoms with E-state index in [4.69, 9.17) is 9.26 Å². The number of hydrogen-bond acceptors (Lipinski definition) is 6. The van der Waals surface area contributed by atoms with Crippen molar-refractivity contribution >= 4 is 23.5 Å². The van der Waals surface area contributed by atoms with Crippen LogP contribution in [0.2, 0.25) is 0 Å². The van der Waals surface area contributed by atoms with Gasteiger partial charge in [-0.1, -0.05) is 50.4 Å². The van der Waals surface area contributed by atoms with E-state index in [-0.39, 0.29) is 23.8 Å². The lowest BCUT2D eigenvalue weighted by Gasteiger charge is -2.35. The van der Waals surface area contributed by atoms with Gasteiger partial charge in [0.1, 0.15) is 17.4 Å². The molecule has 0 radical (unpaired) electrons. The van der Waals surface area contributed by atoms with Gasteiger partial charge in [0.15, 0.2) is 5.82 Å². The van der Waals surface area contributed by atoms with Gasteiger partial charge in [0.05, 0.1) is 17.4 Å². The predicted molar refractivity (Wildman–Crippen MR) is 128 cm³/mol. The first-order chi connectivity index (χ1) is 16.6. The second-order valence-corrected chi connectivity index (χ2v) is 11.2. The van der Waals surface area contributed by atoms with Crippen LogP contribution >= 0.6 is 0 Å². The second-order valence-electron chi connectivity index (χ2n) is 11.2. The number of carbonyl (C=O) groups is 3. The molecule has 4 heterocycles. The van der Waals surface area contributed by atoms with Crippen LogP contribution in [-0.2, 0) is 19.1 Å². The number of nitrogens with one attached hydrogen (secondary N) is 2. The molecule has 1 aromatic rings. The SMILES string of the molecule is Cc1cc(NC(=O)[C@@H]2[C@H]3C(=O)N(CCC(C)C)[C@@H](C(=O)NC4CCCCC4)[C@@]34C=C[C@@]2(C)O4)no1. The molecule has 5 atom stereocenters. The zero-order chi connectivity index (χ0) is 25.0. The molecule has 0 unspecified atom stereocenters. The summed E-state index contributed by atoms with van der Waals surface area (Å²) in [4.78, 5) is 42.9. The van der Waals surface area contributed by atoms with E-state index in [0.29, 0.717) is 24.0 Å². The first-order valence-corrected chi connectivity index (χ1v) is 12.9. The van der Waals surface area contributed by atoms with Crippen LogP contribution in [-0.4, -0.2) is 57.6 Å². The summed E-state index contributed by atoms with van der Waals surface area (Å²) in [6.45, 7) is 8.19. The van der Waals surface area contributed by atoms with E-state index in [2.05, 4.69) is 29.6 Å². The standard InChI is InChI=1S/C26H36N4O5/c1-15(2)10-13-30-21(23(32)27-17-8-6-5-7-9-17)26-12-11-25(4,35-26)19(20(26)24(30)33)22(31)28-18-14-16(3)34-29-18/h11-12,14-15,17,19-21H,5-10,13H2,1-4H3,(H,27,32)(H,28,29,31)/t19-,20-,21-,25+,26+/m0/s1. The average Bonchev–Trinajstić information content (AvgIpc) is 3.50. The maximum atomic E-state index is 13.9. The highest BCUT2D eigenvalue weighted by atomic mass is 16.5. The maximum absolute atomic E-state index is 13.9. The lowest BCUT2D eigenvalue weighted by Crippen LogP contribution is -2.56. The first-order valence-electron chi connectivity index (χ1n) is 12.9. The van der Waals surface area contributed by atoms with Gasteiger partial charge in [-0.05, 0) is 39.0 Å². The topological polar surface area (TPSA) is 114 Å². The predicted octanol–water partition coefficient (Wildman–Crippen LogP) is 2.96. The molecule has 1 aliphatic carbocycles. The summed E-state index contributed by atoms with van der Waals surface area (Å²) >= 11 is 0. The number of anilines is 1. The summed E-state index contributed by atoms with van der Waals surface area (Å²) in [7, 11) is 0. The Kier molecular flexibility index (Phi) is 6.02. The number of hydrogen-bond donors (Lipinski definition) is 2. The van der Waals surface area contributed by atoms with Gasteiger partial charge in [-0.25, -0.2) is 0 Å². The third-order valence-corrected chi connectivity index (χ3v) is 8.11. The van der Waals surface area contributed by atoms with Crippen LogP contribution in [0.15, 0.2) is 22.7 Å². The van der Waals surface area contributed by atoms with Gasteiger partial charge in [-0.3, -0.25) is 14.4 Å². The van der Waals surface area contributed by atoms with Crippen LogP contribution in [0.25, 0.3) is 0 Å². The molecular weight excluding hydrogens is 448 g/mol. The van der Waals surface area contributed by atoms with Crippen molar-refractivity contribution < 1.29 is 23.6 Å². The molecule has 5 rings (SSSR count). The van der Waals surface area contributed by atoms with Crippen LogP contribution in [0, 0.1) is 24.7 Å². The molecule has 9 heteroatoms. The molecule has 2 bridgehead atoms. The Bertz CT molecular complexity index is 1040. The quantitative estimate of drug-likeness (QED) is 0.575. The highest BCUT2D eigenvalue weighted by molar-refractivity contribution is 6.03. The van der Waals surface area contributed by atoms with Crippen molar-refractivity contribution in [1.82, 2.24) is 15.4 Å². The van der Waals surface area contributed by atoms with Crippen LogP contribution in [0.5, 0.6) is 0 Å². The molecule has 3 amide bonds. The van der Waals surface area contributed by atoms with E-state index in [9.17, 15) is 14.4 Å². The molecule has 35 heavy (non-hydrogen) atoms. The molecular formula is C26H36N4O5. The van der Waals surface area contributed by atoms with Gasteiger partial charge >= 0.3 is 0 Å². The van der Waals surface area contributed by atoms with Crippen molar-refractivity contribution in [2.45, 2.75) is 89.5 Å². The zero-order valence-electron chi connectivity index (χ0n) is 21.0. The largest absolute Gasteiger partial charge is 0.360 e. The molecule has 2 N–H and O–H groups in total. The normalized spacial score (nSPS) is 34.0. The van der Waals surface area contributed by atoms with E-state index >= 15 is 0 Å². The van der Waals surface area contributed by atoms with Gasteiger partial charge in [0.2, 0.25) is 17.7 Å². The van der Waals surface area contributed by atoms with E-state index in [1.165, 1.54) is 6.42 Å². The monoisotopic (exact) mass is 484 g/mol. The number of likely N-dealkylation sites (tertiary alicyclic amines) is 1. The Morgan fingerprint density at radius 3 is 2.60 bits per heavy atom. The van der Waals surface area contributed by atoms with Crippen LogP contribution in [0.1, 0.15) is 65.1 Å². The fraction of sp³-hybridized carbons (Fsp3) is 0.692. The van der Waals surface area contributed by atoms with E-state index < -0.39 is 29.1 Å². The molecule has 1 spiro atoms. The molecule has 190 valence electrons. The van der Waals surface area contributed by atoms with Crippen molar-refractivity contribution in [2.24, 2.45) is 17.8 Å². The molecule has 3 aliphatic heterocycles. The van der Waals surface area contributed by atoms with Gasteiger partial charge in [0.25, 0.3) is 0 Å². The maximum Gasteiger partial charge on any atom is 0.246 e. The van der Waals surface area contributed by atoms with Crippen molar-refractivity contribution in [2.75, 3.05) is 11.9 Å². The molecule has 1 saturated carbocycles. The number of aromatic nitrogens is 1. The minimum Gasteiger partial charge on any atom is -0.360 e. The Morgan fingerprint density at radius 1 is 1.20 bits per heavy atom. The van der Waals surface area contributed by atoms with Crippen molar-refractivity contribution in [1.29, 1.82) is 0 Å². The Balaban J connectivity index is 1.46. The first kappa shape index (κ1) is 24.0. The van der Waals surface area contributed by atoms with E-state index in [0.717, 1.165) is 32.1 Å². The van der Waals surface area contributed by atoms with Crippen molar-refractivity contribution in [3.8, 4) is 0 Å². The highest BCUT2D eigenvalue weighted by Crippen LogP contribution is 2.59. The molecule has 1 aromatic heterocycles. The van der Waals surface area contributed by atoms with Crippen LogP contribution < -0.4 is 10.6 Å². The number of aryl methyl sites for hydroxylation is 1. The number of fused-ring (bicyclic) bond motifs is 1. The minimum atomic E-state index is -1.16. The number of carbonyl (C=O) groups excluding carboxylic acids is 3. The Hall–Kier alpha value is -2.68. The number of amides is 3. The fourth-order valence-corrected chi connectivity index (χ4v) is 6.42. The second kappa shape index (κ2) is 8.76. The summed E-state index contributed by atoms with van der Waals surface area (Å²) in [6, 6.07) is 0.943. The fourth-order valence-electron chi connectivity index (χ4n) is 6.42. The van der Waals surface area contributed by atoms with Gasteiger partial charge in [0, 0.05) is 18.7 Å². The van der Waals surface area contributed by atoms with Gasteiger partial charge in [-0.2, -0.15) is 0 Å². The van der Waals surface area contributed by atoms with Crippen molar-refractivity contribution in [3.05, 3.63) is 24.0 Å². The summed E-state index contributed by atoms with van der Waals surface area (Å²) in [5.74, 6) is -1.07. The molecule has 0 aromatic carbocycles. The van der Waals surface area contributed by atoms with Crippen molar-refractivity contribution in [3.63, 3.8) is 0 Å². The third kappa shape index (κ3) is 3.97. The Morgan fingerprint density at radius 2 is 1.94 bits per heavy atom. The summed E-state index contributed by atoms with van der Waals surface area (Å²) < 4.78 is 11.6. The zero-order valence-corrected chi connectivity index (χ0v) is 21.0. The van der Waals surface area contributed by atoms with E-state index in [1.807, 2.05) is 19.1 Å². The summed E-state index contributed by atoms with van der Waals surface area (Å²) in [6.07, 6.45) is 9.75. The minimum absolute atomic E-state index is 0.112. The lowest BCUT2D eigenvalue weighted by molar-refractivity contribution is -0.144. The number of ether oxygens (including phenoxy) is 1. The molecule has 3 fully saturated rings. The number of nitrogens with zero attached hydrogens (tertiary/aromatic N) is 2. The summed E-state index contributed by atoms with van der Waals surface area (Å²) in [5, 5.41) is 9.87. The van der Waals surface area contributed by atoms with E-state index in [1.54, 1.807) is 17.9 Å². The van der Waals surface area contributed by atoms with Crippen LogP contribution in [0.4, 0.5) is 5.82 Å². The molecule has 4 aliphatic rings. The number of rotatable bonds is 7. The van der Waals surface area contributed by atoms with Gasteiger partial charge < -0.3 is 24.8 Å². The average molecular weight is 485 g/mol. The molecule has 9 nitrogen and oxygen atoms in total.